The van der Waals surface area contributed by atoms with Gasteiger partial charge >= 0.3 is 18.0 Å². The van der Waals surface area contributed by atoms with Gasteiger partial charge in [-0.2, -0.15) is 0 Å². The topological polar surface area (TPSA) is 401 Å². The molecule has 0 spiro atoms. The number of hydrogen-bond acceptors (Lipinski definition) is 20. The van der Waals surface area contributed by atoms with Gasteiger partial charge in [-0.05, 0) is 76.6 Å². The summed E-state index contributed by atoms with van der Waals surface area (Å²) in [5.41, 5.74) is 9.42. The van der Waals surface area contributed by atoms with E-state index in [4.69, 9.17) is 19.9 Å². The van der Waals surface area contributed by atoms with Gasteiger partial charge in [0.05, 0.1) is 44.1 Å². The molecule has 0 bridgehead atoms. The van der Waals surface area contributed by atoms with Crippen molar-refractivity contribution in [3.63, 3.8) is 0 Å². The third-order valence-corrected chi connectivity index (χ3v) is 13.5. The van der Waals surface area contributed by atoms with Crippen LogP contribution in [0.4, 0.5) is 4.79 Å². The lowest BCUT2D eigenvalue weighted by Crippen LogP contribution is -2.64. The number of nitrogens with zero attached hydrogens (tertiary/aromatic N) is 1. The minimum absolute atomic E-state index is 0.0385. The zero-order chi connectivity index (χ0) is 57.3. The van der Waals surface area contributed by atoms with Gasteiger partial charge in [0.15, 0.2) is 0 Å². The van der Waals surface area contributed by atoms with Crippen molar-refractivity contribution in [2.75, 3.05) is 38.7 Å². The molecule has 1 aliphatic heterocycles. The smallest absolute Gasteiger partial charge is 0.407 e. The molecule has 1 saturated heterocycles. The van der Waals surface area contributed by atoms with E-state index >= 15 is 0 Å². The Morgan fingerprint density at radius 2 is 1.17 bits per heavy atom. The molecule has 2 aromatic carbocycles. The van der Waals surface area contributed by atoms with Crippen LogP contribution in [0.25, 0.3) is 11.1 Å². The standard InChI is InChI=1S/C50H70N8O18S/c1-7-74-37(64)18-20-77-49(72)36-17-12-19-58(36)47(70)24(2)52-43(66)35(23-75-48(71)38(51)25(3)60)54-45(68)39(26(4)61)55-42(65)34(21-59)53-44(67)40(27(5)62)56-46(69)41(28(6)63)57-50(73)76-22-33-31-15-10-8-13-29(31)30-14-9-11-16-32(30)33/h8-11,13-16,24-28,33-36,38-41,59-63H,7,12,17-23,51H2,1-6H3,(H,52,66)(H,53,67)(H,54,68)(H,55,65)(H,56,69)(H,57,73)/t24-,25-,26-,27-,28-,34-,35-,36-,38-,39-,40-,41-/m0/s1. The summed E-state index contributed by atoms with van der Waals surface area (Å²) in [5, 5.41) is 64.7. The molecule has 0 saturated carbocycles. The largest absolute Gasteiger partial charge is 0.466 e. The number of amides is 7. The summed E-state index contributed by atoms with van der Waals surface area (Å²) in [7, 11) is 0. The number of fused-ring (bicyclic) bond motifs is 3. The predicted molar refractivity (Wildman–Crippen MR) is 274 cm³/mol. The lowest BCUT2D eigenvalue weighted by molar-refractivity contribution is -0.151. The van der Waals surface area contributed by atoms with E-state index in [1.807, 2.05) is 48.5 Å². The molecule has 1 heterocycles. The van der Waals surface area contributed by atoms with Crippen molar-refractivity contribution in [1.82, 2.24) is 36.8 Å². The molecule has 7 amide bonds. The molecule has 4 rings (SSSR count). The normalized spacial score (nSPS) is 18.1. The van der Waals surface area contributed by atoms with Crippen molar-refractivity contribution in [3.8, 4) is 11.1 Å². The maximum atomic E-state index is 13.8. The number of nitrogens with two attached hydrogens (primary N) is 1. The van der Waals surface area contributed by atoms with Crippen molar-refractivity contribution >= 4 is 70.4 Å². The number of benzene rings is 2. The van der Waals surface area contributed by atoms with Crippen molar-refractivity contribution < 1.29 is 87.7 Å². The molecule has 26 nitrogen and oxygen atoms in total. The van der Waals surface area contributed by atoms with Crippen LogP contribution < -0.4 is 37.6 Å². The third kappa shape index (κ3) is 17.4. The van der Waals surface area contributed by atoms with Gasteiger partial charge in [-0.3, -0.25) is 43.2 Å². The highest BCUT2D eigenvalue weighted by Crippen LogP contribution is 2.44. The molecule has 77 heavy (non-hydrogen) atoms. The highest BCUT2D eigenvalue weighted by molar-refractivity contribution is 8.13. The summed E-state index contributed by atoms with van der Waals surface area (Å²) in [6, 6.07) is 1.81. The predicted octanol–water partition coefficient (Wildman–Crippen LogP) is -3.07. The van der Waals surface area contributed by atoms with Crippen LogP contribution in [0, 0.1) is 0 Å². The van der Waals surface area contributed by atoms with Crippen LogP contribution in [0.1, 0.15) is 77.8 Å². The number of alkyl carbamates (subject to hydrolysis) is 1. The number of carbonyl (C=O) groups is 10. The maximum Gasteiger partial charge on any atom is 0.407 e. The fourth-order valence-electron chi connectivity index (χ4n) is 8.30. The van der Waals surface area contributed by atoms with Gasteiger partial charge < -0.3 is 82.3 Å². The number of hydrogen-bond donors (Lipinski definition) is 12. The van der Waals surface area contributed by atoms with Gasteiger partial charge in [-0.25, -0.2) is 4.79 Å². The minimum atomic E-state index is -1.99. The highest BCUT2D eigenvalue weighted by Gasteiger charge is 2.40. The third-order valence-electron chi connectivity index (χ3n) is 12.5. The molecule has 0 aromatic heterocycles. The molecule has 424 valence electrons. The van der Waals surface area contributed by atoms with Crippen molar-refractivity contribution in [2.24, 2.45) is 5.73 Å². The fraction of sp³-hybridized carbons (Fsp3) is 0.560. The minimum Gasteiger partial charge on any atom is -0.466 e. The van der Waals surface area contributed by atoms with E-state index < -0.39 is 145 Å². The lowest BCUT2D eigenvalue weighted by Gasteiger charge is -2.29. The SMILES string of the molecule is CCOC(=O)CCSC(=O)[C@@H]1CCCN1C(=O)[C@H](C)NC(=O)[C@H](COC(=O)[C@@H](N)[C@H](C)O)NC(=O)[C@@H](NC(=O)[C@H](CO)NC(=O)[C@@H](NC(=O)[C@@H](NC(=O)OCC1c2ccccc2-c2ccccc21)[C@H](C)O)[C@H](C)O)[C@H](C)O. The van der Waals surface area contributed by atoms with E-state index in [0.29, 0.717) is 12.8 Å². The zero-order valence-corrected chi connectivity index (χ0v) is 44.3. The van der Waals surface area contributed by atoms with Gasteiger partial charge in [0.2, 0.25) is 40.6 Å². The number of aliphatic hydroxyl groups is 5. The monoisotopic (exact) mass is 1100 g/mol. The second-order valence-electron chi connectivity index (χ2n) is 18.5. The summed E-state index contributed by atoms with van der Waals surface area (Å²) in [6.07, 6.45) is -6.88. The summed E-state index contributed by atoms with van der Waals surface area (Å²) in [5.74, 6) is -8.86. The van der Waals surface area contributed by atoms with Gasteiger partial charge in [-0.1, -0.05) is 60.3 Å². The number of rotatable bonds is 27. The van der Waals surface area contributed by atoms with Crippen LogP contribution in [0.2, 0.25) is 0 Å². The average molecular weight is 1100 g/mol. The molecule has 1 fully saturated rings. The Morgan fingerprint density at radius 3 is 1.70 bits per heavy atom. The molecule has 1 aliphatic carbocycles. The van der Waals surface area contributed by atoms with E-state index in [0.717, 1.165) is 54.8 Å². The summed E-state index contributed by atoms with van der Waals surface area (Å²) in [6.45, 7) is 5.44. The van der Waals surface area contributed by atoms with Crippen LogP contribution in [0.5, 0.6) is 0 Å². The van der Waals surface area contributed by atoms with E-state index in [2.05, 4.69) is 31.9 Å². The number of carbonyl (C=O) groups excluding carboxylic acids is 10. The van der Waals surface area contributed by atoms with E-state index in [-0.39, 0.29) is 37.9 Å². The number of aliphatic hydroxyl groups excluding tert-OH is 5. The number of esters is 2. The first-order chi connectivity index (χ1) is 36.4. The summed E-state index contributed by atoms with van der Waals surface area (Å²) < 4.78 is 15.5. The summed E-state index contributed by atoms with van der Waals surface area (Å²) in [4.78, 5) is 134. The van der Waals surface area contributed by atoms with Gasteiger partial charge in [0.1, 0.15) is 61.5 Å². The second-order valence-corrected chi connectivity index (χ2v) is 19.6. The lowest BCUT2D eigenvalue weighted by atomic mass is 9.98. The maximum absolute atomic E-state index is 13.8. The van der Waals surface area contributed by atoms with Crippen molar-refractivity contribution in [2.45, 2.75) is 139 Å². The number of ether oxygens (including phenoxy) is 3. The van der Waals surface area contributed by atoms with Crippen LogP contribution in [-0.2, 0) is 57.4 Å². The Morgan fingerprint density at radius 1 is 0.662 bits per heavy atom. The average Bonchev–Trinajstić information content (AvgIpc) is 4.01. The van der Waals surface area contributed by atoms with E-state index in [1.54, 1.807) is 6.92 Å². The molecular formula is C50H70N8O18S. The second kappa shape index (κ2) is 29.7. The Bertz CT molecular complexity index is 2400. The zero-order valence-electron chi connectivity index (χ0n) is 43.5. The van der Waals surface area contributed by atoms with Crippen LogP contribution in [0.15, 0.2) is 48.5 Å². The Kier molecular flexibility index (Phi) is 24.2. The molecule has 2 aromatic rings. The Hall–Kier alpha value is -6.75. The molecular weight excluding hydrogens is 1030 g/mol. The first-order valence-corrected chi connectivity index (χ1v) is 25.9. The van der Waals surface area contributed by atoms with Crippen molar-refractivity contribution in [3.05, 3.63) is 59.7 Å². The first-order valence-electron chi connectivity index (χ1n) is 24.9. The molecule has 0 unspecified atom stereocenters. The molecule has 2 aliphatic rings. The van der Waals surface area contributed by atoms with Crippen LogP contribution in [0.3, 0.4) is 0 Å². The van der Waals surface area contributed by atoms with Crippen LogP contribution in [-0.4, -0.2) is 200 Å². The Labute approximate surface area is 448 Å². The van der Waals surface area contributed by atoms with E-state index in [1.165, 1.54) is 18.7 Å². The van der Waals surface area contributed by atoms with Gasteiger partial charge in [0.25, 0.3) is 0 Å². The Balaban J connectivity index is 1.40. The summed E-state index contributed by atoms with van der Waals surface area (Å²) >= 11 is 0.846. The fourth-order valence-corrected chi connectivity index (χ4v) is 9.21. The number of thioether (sulfide) groups is 1. The van der Waals surface area contributed by atoms with Gasteiger partial charge in [-0.15, -0.1) is 0 Å². The van der Waals surface area contributed by atoms with E-state index in [9.17, 15) is 73.5 Å². The van der Waals surface area contributed by atoms with Crippen molar-refractivity contribution in [1.29, 1.82) is 0 Å². The number of nitrogens with one attached hydrogen (secondary N) is 6. The number of likely N-dealkylation sites (tertiary alicyclic amines) is 1. The van der Waals surface area contributed by atoms with Gasteiger partial charge in [0, 0.05) is 18.2 Å². The van der Waals surface area contributed by atoms with Crippen LogP contribution >= 0.6 is 11.8 Å². The highest BCUT2D eigenvalue weighted by atomic mass is 32.2. The molecule has 27 heteroatoms. The quantitative estimate of drug-likeness (QED) is 0.0312. The molecule has 0 radical (unpaired) electrons. The molecule has 12 atom stereocenters. The molecule has 13 N–H and O–H groups in total. The first kappa shape index (κ1) is 62.8.